The number of carbonyl (C=O) groups excluding carboxylic acids is 1. The fraction of sp³-hybridized carbons (Fsp3) is 0.562. The molecule has 22 heavy (non-hydrogen) atoms. The van der Waals surface area contributed by atoms with Gasteiger partial charge in [0.15, 0.2) is 11.0 Å². The van der Waals surface area contributed by atoms with Gasteiger partial charge in [0.05, 0.1) is 26.7 Å². The molecule has 1 aliphatic heterocycles. The van der Waals surface area contributed by atoms with Gasteiger partial charge in [0.25, 0.3) is 0 Å². The highest BCUT2D eigenvalue weighted by atomic mass is 32.2. The molecule has 2 rings (SSSR count). The molecule has 0 N–H and O–H groups in total. The molecule has 1 aromatic carbocycles. The predicted molar refractivity (Wildman–Crippen MR) is 83.8 cm³/mol. The molecule has 0 spiro atoms. The van der Waals surface area contributed by atoms with Crippen molar-refractivity contribution in [2.75, 3.05) is 20.3 Å². The molecule has 1 heterocycles. The van der Waals surface area contributed by atoms with E-state index in [-0.39, 0.29) is 17.6 Å². The van der Waals surface area contributed by atoms with Crippen molar-refractivity contribution in [2.45, 2.75) is 37.1 Å². The van der Waals surface area contributed by atoms with E-state index in [1.54, 1.807) is 0 Å². The van der Waals surface area contributed by atoms with Gasteiger partial charge in [0.2, 0.25) is 0 Å². The van der Waals surface area contributed by atoms with Crippen LogP contribution in [0.5, 0.6) is 0 Å². The second-order valence-corrected chi connectivity index (χ2v) is 7.46. The fourth-order valence-electron chi connectivity index (χ4n) is 2.10. The third kappa shape index (κ3) is 4.98. The zero-order chi connectivity index (χ0) is 16.2. The van der Waals surface area contributed by atoms with E-state index in [1.807, 2.05) is 38.1 Å². The maximum Gasteiger partial charge on any atom is 0.309 e. The van der Waals surface area contributed by atoms with E-state index in [2.05, 4.69) is 4.74 Å². The van der Waals surface area contributed by atoms with Gasteiger partial charge in [-0.1, -0.05) is 24.3 Å². The lowest BCUT2D eigenvalue weighted by Crippen LogP contribution is -2.45. The number of hydrogen-bond acceptors (Lipinski definition) is 5. The number of rotatable bonds is 5. The number of benzene rings is 1. The molecule has 1 atom stereocenters. The first kappa shape index (κ1) is 17.3. The first-order chi connectivity index (χ1) is 10.4. The average Bonchev–Trinajstić information content (AvgIpc) is 2.49. The van der Waals surface area contributed by atoms with Crippen LogP contribution < -0.4 is 0 Å². The van der Waals surface area contributed by atoms with Gasteiger partial charge in [-0.2, -0.15) is 0 Å². The summed E-state index contributed by atoms with van der Waals surface area (Å²) in [6, 6.07) is 7.51. The van der Waals surface area contributed by atoms with E-state index >= 15 is 0 Å². The summed E-state index contributed by atoms with van der Waals surface area (Å²) in [5.41, 5.74) is 1.85. The second-order valence-electron chi connectivity index (χ2n) is 5.74. The fourth-order valence-corrected chi connectivity index (χ4v) is 3.30. The topological polar surface area (TPSA) is 67.8 Å². The molecular weight excluding hydrogens is 304 g/mol. The van der Waals surface area contributed by atoms with Gasteiger partial charge in [-0.25, -0.2) is 0 Å². The van der Waals surface area contributed by atoms with Crippen LogP contribution in [0.4, 0.5) is 0 Å². The molecule has 1 unspecified atom stereocenters. The minimum absolute atomic E-state index is 0.109. The third-order valence-corrected chi connectivity index (χ3v) is 5.15. The highest BCUT2D eigenvalue weighted by Crippen LogP contribution is 2.23. The Morgan fingerprint density at radius 1 is 1.27 bits per heavy atom. The Bertz CT molecular complexity index is 490. The Hall–Kier alpha value is -1.08. The number of carbonyl (C=O) groups is 1. The molecule has 0 bridgehead atoms. The maximum absolute atomic E-state index is 12.4. The first-order valence-corrected chi connectivity index (χ1v) is 8.57. The van der Waals surface area contributed by atoms with Crippen molar-refractivity contribution in [1.82, 2.24) is 0 Å². The predicted octanol–water partition coefficient (Wildman–Crippen LogP) is 1.80. The van der Waals surface area contributed by atoms with Crippen molar-refractivity contribution < 1.29 is 23.6 Å². The van der Waals surface area contributed by atoms with E-state index in [1.165, 1.54) is 7.11 Å². The average molecular weight is 326 g/mol. The third-order valence-electron chi connectivity index (χ3n) is 3.51. The minimum atomic E-state index is -1.05. The van der Waals surface area contributed by atoms with Gasteiger partial charge in [-0.05, 0) is 30.6 Å². The molecule has 1 fully saturated rings. The maximum atomic E-state index is 12.4. The standard InChI is InChI=1S/C16H22O5S/c1-16(2)20-9-14(10-21-16)22(18)11-13-6-4-12(5-7-13)8-15(17)19-3/h4-7,14H,8-11H2,1-3H3. The van der Waals surface area contributed by atoms with Gasteiger partial charge in [-0.3, -0.25) is 4.79 Å². The summed E-state index contributed by atoms with van der Waals surface area (Å²) >= 11 is -1.05. The molecule has 6 heteroatoms. The Labute approximate surface area is 134 Å². The van der Waals surface area contributed by atoms with Crippen LogP contribution in [-0.2, 0) is 42.4 Å². The van der Waals surface area contributed by atoms with Crippen LogP contribution in [-0.4, -0.2) is 41.9 Å². The van der Waals surface area contributed by atoms with Gasteiger partial charge in [0, 0.05) is 5.56 Å². The summed E-state index contributed by atoms with van der Waals surface area (Å²) < 4.78 is 28.1. The summed E-state index contributed by atoms with van der Waals surface area (Å²) in [5.74, 6) is -0.400. The highest BCUT2D eigenvalue weighted by Gasteiger charge is 2.34. The number of ether oxygens (including phenoxy) is 3. The molecule has 0 aliphatic carbocycles. The van der Waals surface area contributed by atoms with E-state index in [9.17, 15) is 9.35 Å². The van der Waals surface area contributed by atoms with Crippen molar-refractivity contribution in [3.8, 4) is 0 Å². The van der Waals surface area contributed by atoms with Crippen LogP contribution >= 0.6 is 0 Å². The molecule has 0 saturated carbocycles. The molecule has 0 amide bonds. The Balaban J connectivity index is 1.86. The van der Waals surface area contributed by atoms with E-state index in [4.69, 9.17) is 9.47 Å². The summed E-state index contributed by atoms with van der Waals surface area (Å²) in [7, 11) is 1.37. The van der Waals surface area contributed by atoms with Crippen molar-refractivity contribution in [2.24, 2.45) is 0 Å². The largest absolute Gasteiger partial charge is 0.616 e. The molecule has 5 nitrogen and oxygen atoms in total. The van der Waals surface area contributed by atoms with E-state index < -0.39 is 17.0 Å². The van der Waals surface area contributed by atoms with Crippen LogP contribution in [0.25, 0.3) is 0 Å². The lowest BCUT2D eigenvalue weighted by Gasteiger charge is -2.35. The molecule has 1 aliphatic rings. The number of esters is 1. The monoisotopic (exact) mass is 326 g/mol. The van der Waals surface area contributed by atoms with Gasteiger partial charge in [-0.15, -0.1) is 0 Å². The van der Waals surface area contributed by atoms with Crippen LogP contribution in [0, 0.1) is 0 Å². The smallest absolute Gasteiger partial charge is 0.309 e. The van der Waals surface area contributed by atoms with Crippen molar-refractivity contribution >= 4 is 17.1 Å². The molecule has 1 aromatic rings. The van der Waals surface area contributed by atoms with Crippen LogP contribution in [0.1, 0.15) is 25.0 Å². The van der Waals surface area contributed by atoms with Crippen molar-refractivity contribution in [3.63, 3.8) is 0 Å². The zero-order valence-corrected chi connectivity index (χ0v) is 14.0. The Kier molecular flexibility index (Phi) is 5.86. The van der Waals surface area contributed by atoms with Gasteiger partial charge >= 0.3 is 5.97 Å². The minimum Gasteiger partial charge on any atom is -0.616 e. The molecular formula is C16H22O5S. The van der Waals surface area contributed by atoms with Crippen LogP contribution in [0.15, 0.2) is 24.3 Å². The van der Waals surface area contributed by atoms with Crippen molar-refractivity contribution in [3.05, 3.63) is 35.4 Å². The summed E-state index contributed by atoms with van der Waals surface area (Å²) in [6.45, 7) is 4.60. The van der Waals surface area contributed by atoms with Gasteiger partial charge < -0.3 is 18.8 Å². The van der Waals surface area contributed by atoms with Crippen LogP contribution in [0.3, 0.4) is 0 Å². The highest BCUT2D eigenvalue weighted by molar-refractivity contribution is 7.91. The summed E-state index contributed by atoms with van der Waals surface area (Å²) in [6.07, 6.45) is 0.249. The molecule has 1 saturated heterocycles. The van der Waals surface area contributed by atoms with Crippen molar-refractivity contribution in [1.29, 1.82) is 0 Å². The lowest BCUT2D eigenvalue weighted by molar-refractivity contribution is -0.242. The number of methoxy groups -OCH3 is 1. The summed E-state index contributed by atoms with van der Waals surface area (Å²) in [4.78, 5) is 11.2. The second kappa shape index (κ2) is 7.46. The first-order valence-electron chi connectivity index (χ1n) is 7.19. The number of hydrogen-bond donors (Lipinski definition) is 0. The quantitative estimate of drug-likeness (QED) is 0.610. The van der Waals surface area contributed by atoms with Crippen LogP contribution in [0.2, 0.25) is 0 Å². The van der Waals surface area contributed by atoms with E-state index in [0.29, 0.717) is 19.0 Å². The Morgan fingerprint density at radius 3 is 2.36 bits per heavy atom. The lowest BCUT2D eigenvalue weighted by atomic mass is 10.1. The van der Waals surface area contributed by atoms with E-state index in [0.717, 1.165) is 11.1 Å². The summed E-state index contributed by atoms with van der Waals surface area (Å²) in [5, 5.41) is -0.109. The SMILES string of the molecule is COC(=O)Cc1ccc(C[S+]([O-])C2COC(C)(C)OC2)cc1. The Morgan fingerprint density at radius 2 is 1.82 bits per heavy atom. The normalized spacial score (nSPS) is 19.6. The van der Waals surface area contributed by atoms with Gasteiger partial charge in [0.1, 0.15) is 5.75 Å². The molecule has 0 aromatic heterocycles. The zero-order valence-electron chi connectivity index (χ0n) is 13.2. The molecule has 122 valence electrons. The molecule has 0 radical (unpaired) electrons.